The lowest BCUT2D eigenvalue weighted by atomic mass is 10.2. The van der Waals surface area contributed by atoms with E-state index in [0.717, 1.165) is 13.1 Å². The van der Waals surface area contributed by atoms with Gasteiger partial charge in [-0.2, -0.15) is 4.98 Å². The molecule has 6 heteroatoms. The third kappa shape index (κ3) is 3.02. The predicted octanol–water partition coefficient (Wildman–Crippen LogP) is 1.51. The molecule has 1 saturated heterocycles. The van der Waals surface area contributed by atoms with Crippen molar-refractivity contribution in [2.75, 3.05) is 20.1 Å². The molecule has 0 spiro atoms. The summed E-state index contributed by atoms with van der Waals surface area (Å²) in [5.74, 6) is 1.73. The van der Waals surface area contributed by atoms with Gasteiger partial charge in [-0.1, -0.05) is 5.16 Å². The topological polar surface area (TPSA) is 67.3 Å². The highest BCUT2D eigenvalue weighted by Gasteiger charge is 2.18. The summed E-state index contributed by atoms with van der Waals surface area (Å²) in [6.07, 6.45) is 4.11. The van der Waals surface area contributed by atoms with Gasteiger partial charge >= 0.3 is 0 Å². The maximum atomic E-state index is 5.23. The van der Waals surface area contributed by atoms with Crippen molar-refractivity contribution in [3.8, 4) is 11.7 Å². The van der Waals surface area contributed by atoms with E-state index in [4.69, 9.17) is 8.94 Å². The summed E-state index contributed by atoms with van der Waals surface area (Å²) in [6.45, 7) is 2.82. The van der Waals surface area contributed by atoms with Gasteiger partial charge in [0.05, 0.1) is 12.8 Å². The highest BCUT2D eigenvalue weighted by Crippen LogP contribution is 2.17. The fraction of sp³-hybridized carbons (Fsp3) is 0.538. The van der Waals surface area contributed by atoms with Gasteiger partial charge in [-0.05, 0) is 38.6 Å². The number of likely N-dealkylation sites (N-methyl/N-ethyl adjacent to an activating group) is 1. The van der Waals surface area contributed by atoms with Gasteiger partial charge in [-0.25, -0.2) is 0 Å². The summed E-state index contributed by atoms with van der Waals surface area (Å²) in [5.41, 5.74) is 0. The first kappa shape index (κ1) is 12.4. The molecule has 0 amide bonds. The van der Waals surface area contributed by atoms with Crippen LogP contribution in [0.3, 0.4) is 0 Å². The SMILES string of the molecule is CN(Cc1noc(-c2ccco2)n1)CC1CCCN1. The van der Waals surface area contributed by atoms with Gasteiger partial charge in [0.15, 0.2) is 11.6 Å². The second-order valence-electron chi connectivity index (χ2n) is 4.98. The van der Waals surface area contributed by atoms with Gasteiger partial charge in [0.25, 0.3) is 5.89 Å². The second-order valence-corrected chi connectivity index (χ2v) is 4.98. The molecule has 0 bridgehead atoms. The Hall–Kier alpha value is -1.66. The molecule has 0 aliphatic carbocycles. The largest absolute Gasteiger partial charge is 0.459 e. The van der Waals surface area contributed by atoms with E-state index in [0.29, 0.717) is 30.1 Å². The zero-order chi connectivity index (χ0) is 13.1. The molecule has 1 fully saturated rings. The average Bonchev–Trinajstić information content (AvgIpc) is 3.09. The van der Waals surface area contributed by atoms with Crippen LogP contribution in [-0.4, -0.2) is 41.2 Å². The first-order valence-electron chi connectivity index (χ1n) is 6.59. The van der Waals surface area contributed by atoms with Crippen molar-refractivity contribution < 1.29 is 8.94 Å². The summed E-state index contributed by atoms with van der Waals surface area (Å²) in [4.78, 5) is 6.54. The molecule has 1 aliphatic heterocycles. The molecule has 1 N–H and O–H groups in total. The van der Waals surface area contributed by atoms with Gasteiger partial charge in [0.1, 0.15) is 0 Å². The summed E-state index contributed by atoms with van der Waals surface area (Å²) in [5, 5.41) is 7.46. The normalized spacial score (nSPS) is 19.4. The number of nitrogens with one attached hydrogen (secondary N) is 1. The monoisotopic (exact) mass is 262 g/mol. The van der Waals surface area contributed by atoms with E-state index in [9.17, 15) is 0 Å². The van der Waals surface area contributed by atoms with Crippen LogP contribution in [0.5, 0.6) is 0 Å². The van der Waals surface area contributed by atoms with E-state index in [1.165, 1.54) is 12.8 Å². The molecule has 102 valence electrons. The van der Waals surface area contributed by atoms with Crippen molar-refractivity contribution in [2.24, 2.45) is 0 Å². The van der Waals surface area contributed by atoms with Gasteiger partial charge in [-0.15, -0.1) is 0 Å². The first-order chi connectivity index (χ1) is 9.31. The molecule has 0 saturated carbocycles. The molecule has 1 unspecified atom stereocenters. The second kappa shape index (κ2) is 5.54. The Morgan fingerprint density at radius 3 is 3.21 bits per heavy atom. The number of furan rings is 1. The van der Waals surface area contributed by atoms with Crippen LogP contribution in [0.1, 0.15) is 18.7 Å². The number of aromatic nitrogens is 2. The molecule has 0 radical (unpaired) electrons. The zero-order valence-electron chi connectivity index (χ0n) is 11.0. The third-order valence-corrected chi connectivity index (χ3v) is 3.31. The fourth-order valence-electron chi connectivity index (χ4n) is 2.41. The van der Waals surface area contributed by atoms with Gasteiger partial charge in [0.2, 0.25) is 0 Å². The lowest BCUT2D eigenvalue weighted by molar-refractivity contribution is 0.281. The zero-order valence-corrected chi connectivity index (χ0v) is 11.0. The quantitative estimate of drug-likeness (QED) is 0.881. The Morgan fingerprint density at radius 2 is 2.47 bits per heavy atom. The van der Waals surface area contributed by atoms with E-state index < -0.39 is 0 Å². The molecule has 19 heavy (non-hydrogen) atoms. The number of hydrogen-bond acceptors (Lipinski definition) is 6. The Bertz CT molecular complexity index is 502. The molecule has 2 aromatic heterocycles. The van der Waals surface area contributed by atoms with Crippen molar-refractivity contribution in [3.63, 3.8) is 0 Å². The van der Waals surface area contributed by atoms with Crippen LogP contribution in [0, 0.1) is 0 Å². The minimum Gasteiger partial charge on any atom is -0.459 e. The van der Waals surface area contributed by atoms with E-state index in [-0.39, 0.29) is 0 Å². The summed E-state index contributed by atoms with van der Waals surface area (Å²) >= 11 is 0. The molecule has 6 nitrogen and oxygen atoms in total. The number of hydrogen-bond donors (Lipinski definition) is 1. The van der Waals surface area contributed by atoms with Crippen LogP contribution in [0.15, 0.2) is 27.3 Å². The lowest BCUT2D eigenvalue weighted by Crippen LogP contribution is -2.35. The maximum Gasteiger partial charge on any atom is 0.293 e. The first-order valence-corrected chi connectivity index (χ1v) is 6.59. The Kier molecular flexibility index (Phi) is 3.61. The van der Waals surface area contributed by atoms with Gasteiger partial charge in [-0.3, -0.25) is 4.90 Å². The minimum atomic E-state index is 0.437. The Labute approximate surface area is 111 Å². The molecule has 3 rings (SSSR count). The summed E-state index contributed by atoms with van der Waals surface area (Å²) < 4.78 is 10.4. The number of rotatable bonds is 5. The summed E-state index contributed by atoms with van der Waals surface area (Å²) in [7, 11) is 2.07. The van der Waals surface area contributed by atoms with Crippen LogP contribution in [-0.2, 0) is 6.54 Å². The molecule has 1 atom stereocenters. The predicted molar refractivity (Wildman–Crippen MR) is 69.4 cm³/mol. The van der Waals surface area contributed by atoms with Crippen molar-refractivity contribution in [1.82, 2.24) is 20.4 Å². The van der Waals surface area contributed by atoms with Gasteiger partial charge in [0, 0.05) is 12.6 Å². The van der Waals surface area contributed by atoms with Crippen molar-refractivity contribution in [3.05, 3.63) is 24.2 Å². The van der Waals surface area contributed by atoms with Crippen LogP contribution in [0.4, 0.5) is 0 Å². The molecular weight excluding hydrogens is 244 g/mol. The highest BCUT2D eigenvalue weighted by atomic mass is 16.5. The lowest BCUT2D eigenvalue weighted by Gasteiger charge is -2.19. The standard InChI is InChI=1S/C13H18N4O2/c1-17(8-10-4-2-6-14-10)9-12-15-13(19-16-12)11-5-3-7-18-11/h3,5,7,10,14H,2,4,6,8-9H2,1H3. The van der Waals surface area contributed by atoms with Crippen LogP contribution in [0.25, 0.3) is 11.7 Å². The summed E-state index contributed by atoms with van der Waals surface area (Å²) in [6, 6.07) is 4.20. The van der Waals surface area contributed by atoms with E-state index >= 15 is 0 Å². The molecular formula is C13H18N4O2. The minimum absolute atomic E-state index is 0.437. The molecule has 1 aliphatic rings. The molecule has 3 heterocycles. The van der Waals surface area contributed by atoms with Crippen molar-refractivity contribution in [1.29, 1.82) is 0 Å². The van der Waals surface area contributed by atoms with Crippen molar-refractivity contribution >= 4 is 0 Å². The Morgan fingerprint density at radius 1 is 1.53 bits per heavy atom. The highest BCUT2D eigenvalue weighted by molar-refractivity contribution is 5.42. The van der Waals surface area contributed by atoms with E-state index in [1.807, 2.05) is 6.07 Å². The van der Waals surface area contributed by atoms with Crippen LogP contribution < -0.4 is 5.32 Å². The van der Waals surface area contributed by atoms with Gasteiger partial charge < -0.3 is 14.3 Å². The molecule has 0 aromatic carbocycles. The fourth-order valence-corrected chi connectivity index (χ4v) is 2.41. The molecule has 2 aromatic rings. The number of nitrogens with zero attached hydrogens (tertiary/aromatic N) is 3. The Balaban J connectivity index is 1.57. The van der Waals surface area contributed by atoms with E-state index in [2.05, 4.69) is 27.4 Å². The third-order valence-electron chi connectivity index (χ3n) is 3.31. The average molecular weight is 262 g/mol. The van der Waals surface area contributed by atoms with Crippen molar-refractivity contribution in [2.45, 2.75) is 25.4 Å². The maximum absolute atomic E-state index is 5.23. The van der Waals surface area contributed by atoms with Crippen LogP contribution in [0.2, 0.25) is 0 Å². The van der Waals surface area contributed by atoms with E-state index in [1.54, 1.807) is 12.3 Å². The smallest absolute Gasteiger partial charge is 0.293 e. The van der Waals surface area contributed by atoms with Crippen LogP contribution >= 0.6 is 0 Å².